The van der Waals surface area contributed by atoms with Gasteiger partial charge in [-0.15, -0.1) is 0 Å². The molecule has 1 amide bonds. The number of amides is 1. The summed E-state index contributed by atoms with van der Waals surface area (Å²) in [5.74, 6) is -0.348. The highest BCUT2D eigenvalue weighted by Crippen LogP contribution is 2.26. The molecule has 0 saturated carbocycles. The number of rotatable bonds is 3. The third kappa shape index (κ3) is 4.37. The van der Waals surface area contributed by atoms with Gasteiger partial charge in [-0.2, -0.15) is 0 Å². The Kier molecular flexibility index (Phi) is 4.82. The normalized spacial score (nSPS) is 21.1. The number of aryl methyl sites for hydroxylation is 1. The zero-order chi connectivity index (χ0) is 17.2. The molecule has 1 aliphatic heterocycles. The largest absolute Gasteiger partial charge is 0.488 e. The molecule has 1 heterocycles. The fourth-order valence-corrected chi connectivity index (χ4v) is 2.51. The molecule has 1 N–H and O–H groups in total. The molecule has 2 atom stereocenters. The van der Waals surface area contributed by atoms with E-state index in [2.05, 4.69) is 0 Å². The number of aliphatic carboxylic acids is 1. The lowest BCUT2D eigenvalue weighted by atomic mass is 10.2. The van der Waals surface area contributed by atoms with Gasteiger partial charge in [-0.3, -0.25) is 4.90 Å². The summed E-state index contributed by atoms with van der Waals surface area (Å²) in [5, 5.41) is 9.36. The highest BCUT2D eigenvalue weighted by Gasteiger charge is 2.42. The molecule has 1 aromatic carbocycles. The third-order valence-corrected chi connectivity index (χ3v) is 3.56. The molecule has 0 spiro atoms. The molecule has 0 aromatic heterocycles. The van der Waals surface area contributed by atoms with Crippen LogP contribution in [0.5, 0.6) is 5.75 Å². The Balaban J connectivity index is 2.10. The van der Waals surface area contributed by atoms with E-state index in [0.717, 1.165) is 5.56 Å². The summed E-state index contributed by atoms with van der Waals surface area (Å²) in [6.45, 7) is 7.36. The smallest absolute Gasteiger partial charge is 0.411 e. The lowest BCUT2D eigenvalue weighted by molar-refractivity contribution is -0.142. The summed E-state index contributed by atoms with van der Waals surface area (Å²) in [6.07, 6.45) is -0.756. The molecule has 0 radical (unpaired) electrons. The molecule has 1 aliphatic rings. The van der Waals surface area contributed by atoms with E-state index in [4.69, 9.17) is 9.47 Å². The predicted molar refractivity (Wildman–Crippen MR) is 84.6 cm³/mol. The number of carbonyl (C=O) groups is 2. The lowest BCUT2D eigenvalue weighted by Crippen LogP contribution is -2.43. The Labute approximate surface area is 136 Å². The standard InChI is InChI=1S/C17H23NO5/c1-11-7-5-6-8-14(11)22-12-9-13(15(19)20)18(10-12)16(21)23-17(2,3)4/h5-8,12-13H,9-10H2,1-4H3,(H,19,20)/t12-,13-/m0/s1. The number of hydrogen-bond donors (Lipinski definition) is 1. The first-order chi connectivity index (χ1) is 10.7. The van der Waals surface area contributed by atoms with Crippen LogP contribution < -0.4 is 4.74 Å². The van der Waals surface area contributed by atoms with Gasteiger partial charge in [0.05, 0.1) is 6.54 Å². The van der Waals surface area contributed by atoms with Crippen molar-refractivity contribution in [3.05, 3.63) is 29.8 Å². The van der Waals surface area contributed by atoms with E-state index in [1.54, 1.807) is 20.8 Å². The van der Waals surface area contributed by atoms with Gasteiger partial charge in [0, 0.05) is 6.42 Å². The number of ether oxygens (including phenoxy) is 2. The number of para-hydroxylation sites is 1. The van der Waals surface area contributed by atoms with E-state index >= 15 is 0 Å². The number of nitrogens with zero attached hydrogens (tertiary/aromatic N) is 1. The summed E-state index contributed by atoms with van der Waals surface area (Å²) in [6, 6.07) is 6.59. The van der Waals surface area contributed by atoms with Gasteiger partial charge in [-0.25, -0.2) is 9.59 Å². The van der Waals surface area contributed by atoms with Gasteiger partial charge in [0.15, 0.2) is 0 Å². The van der Waals surface area contributed by atoms with Crippen molar-refractivity contribution in [2.75, 3.05) is 6.54 Å². The van der Waals surface area contributed by atoms with E-state index in [0.29, 0.717) is 5.75 Å². The summed E-state index contributed by atoms with van der Waals surface area (Å²) >= 11 is 0. The molecule has 2 rings (SSSR count). The van der Waals surface area contributed by atoms with Gasteiger partial charge in [-0.1, -0.05) is 18.2 Å². The van der Waals surface area contributed by atoms with Crippen LogP contribution in [0, 0.1) is 6.92 Å². The van der Waals surface area contributed by atoms with Crippen molar-refractivity contribution in [3.63, 3.8) is 0 Å². The SMILES string of the molecule is Cc1ccccc1O[C@H]1C[C@@H](C(=O)O)N(C(=O)OC(C)(C)C)C1. The molecule has 0 aliphatic carbocycles. The van der Waals surface area contributed by atoms with Gasteiger partial charge in [0.1, 0.15) is 23.5 Å². The van der Waals surface area contributed by atoms with Crippen LogP contribution in [0.3, 0.4) is 0 Å². The second-order valence-electron chi connectivity index (χ2n) is 6.73. The van der Waals surface area contributed by atoms with E-state index in [-0.39, 0.29) is 19.1 Å². The average molecular weight is 321 g/mol. The van der Waals surface area contributed by atoms with Crippen LogP contribution in [0.4, 0.5) is 4.79 Å². The van der Waals surface area contributed by atoms with E-state index in [9.17, 15) is 14.7 Å². The molecule has 6 heteroatoms. The second-order valence-corrected chi connectivity index (χ2v) is 6.73. The minimum Gasteiger partial charge on any atom is -0.488 e. The Morgan fingerprint density at radius 1 is 1.26 bits per heavy atom. The molecule has 126 valence electrons. The fourth-order valence-electron chi connectivity index (χ4n) is 2.51. The molecule has 1 saturated heterocycles. The van der Waals surface area contributed by atoms with Crippen LogP contribution >= 0.6 is 0 Å². The van der Waals surface area contributed by atoms with Crippen LogP contribution in [0.2, 0.25) is 0 Å². The predicted octanol–water partition coefficient (Wildman–Crippen LogP) is 2.84. The van der Waals surface area contributed by atoms with Crippen LogP contribution in [0.1, 0.15) is 32.8 Å². The number of likely N-dealkylation sites (tertiary alicyclic amines) is 1. The van der Waals surface area contributed by atoms with Crippen LogP contribution in [0.15, 0.2) is 24.3 Å². The Morgan fingerprint density at radius 3 is 2.48 bits per heavy atom. The first kappa shape index (κ1) is 17.1. The average Bonchev–Trinajstić information content (AvgIpc) is 2.84. The van der Waals surface area contributed by atoms with Crippen LogP contribution in [-0.4, -0.2) is 46.4 Å². The van der Waals surface area contributed by atoms with Crippen molar-refractivity contribution >= 4 is 12.1 Å². The lowest BCUT2D eigenvalue weighted by Gasteiger charge is -2.26. The first-order valence-electron chi connectivity index (χ1n) is 7.62. The summed E-state index contributed by atoms with van der Waals surface area (Å²) in [7, 11) is 0. The zero-order valence-electron chi connectivity index (χ0n) is 13.9. The topological polar surface area (TPSA) is 76.1 Å². The van der Waals surface area contributed by atoms with Gasteiger partial charge in [0.2, 0.25) is 0 Å². The van der Waals surface area contributed by atoms with Crippen molar-refractivity contribution in [2.24, 2.45) is 0 Å². The minimum atomic E-state index is -1.05. The van der Waals surface area contributed by atoms with Crippen LogP contribution in [0.25, 0.3) is 0 Å². The number of hydrogen-bond acceptors (Lipinski definition) is 4. The highest BCUT2D eigenvalue weighted by molar-refractivity contribution is 5.81. The van der Waals surface area contributed by atoms with Crippen molar-refractivity contribution in [1.29, 1.82) is 0 Å². The maximum absolute atomic E-state index is 12.2. The fraction of sp³-hybridized carbons (Fsp3) is 0.529. The second kappa shape index (κ2) is 6.48. The van der Waals surface area contributed by atoms with E-state index in [1.165, 1.54) is 4.90 Å². The summed E-state index contributed by atoms with van der Waals surface area (Å²) in [5.41, 5.74) is 0.296. The molecule has 1 fully saturated rings. The van der Waals surface area contributed by atoms with Crippen LogP contribution in [-0.2, 0) is 9.53 Å². The maximum Gasteiger partial charge on any atom is 0.411 e. The Morgan fingerprint density at radius 2 is 1.91 bits per heavy atom. The number of carboxylic acid groups (broad SMARTS) is 1. The molecular formula is C17H23NO5. The number of carbonyl (C=O) groups excluding carboxylic acids is 1. The molecule has 0 bridgehead atoms. The quantitative estimate of drug-likeness (QED) is 0.926. The Bertz CT molecular complexity index is 593. The van der Waals surface area contributed by atoms with Crippen molar-refractivity contribution < 1.29 is 24.2 Å². The zero-order valence-corrected chi connectivity index (χ0v) is 13.9. The molecule has 23 heavy (non-hydrogen) atoms. The van der Waals surface area contributed by atoms with E-state index < -0.39 is 23.7 Å². The van der Waals surface area contributed by atoms with Gasteiger partial charge < -0.3 is 14.6 Å². The third-order valence-electron chi connectivity index (χ3n) is 3.56. The van der Waals surface area contributed by atoms with Crippen molar-refractivity contribution in [3.8, 4) is 5.75 Å². The molecule has 6 nitrogen and oxygen atoms in total. The molecular weight excluding hydrogens is 298 g/mol. The highest BCUT2D eigenvalue weighted by atomic mass is 16.6. The monoisotopic (exact) mass is 321 g/mol. The van der Waals surface area contributed by atoms with Gasteiger partial charge in [-0.05, 0) is 39.3 Å². The summed E-state index contributed by atoms with van der Waals surface area (Å²) in [4.78, 5) is 24.9. The first-order valence-corrected chi connectivity index (χ1v) is 7.62. The Hall–Kier alpha value is -2.24. The molecule has 0 unspecified atom stereocenters. The van der Waals surface area contributed by atoms with Gasteiger partial charge in [0.25, 0.3) is 0 Å². The minimum absolute atomic E-state index is 0.195. The molecule has 1 aromatic rings. The van der Waals surface area contributed by atoms with Gasteiger partial charge >= 0.3 is 12.1 Å². The maximum atomic E-state index is 12.2. The number of carboxylic acids is 1. The van der Waals surface area contributed by atoms with Crippen molar-refractivity contribution in [1.82, 2.24) is 4.90 Å². The number of benzene rings is 1. The van der Waals surface area contributed by atoms with E-state index in [1.807, 2.05) is 31.2 Å². The summed E-state index contributed by atoms with van der Waals surface area (Å²) < 4.78 is 11.2. The van der Waals surface area contributed by atoms with Crippen molar-refractivity contribution in [2.45, 2.75) is 51.9 Å².